The summed E-state index contributed by atoms with van der Waals surface area (Å²) in [6.07, 6.45) is 4.03. The van der Waals surface area contributed by atoms with E-state index < -0.39 is 5.97 Å². The van der Waals surface area contributed by atoms with E-state index in [2.05, 4.69) is 30.6 Å². The van der Waals surface area contributed by atoms with E-state index >= 15 is 0 Å². The molecule has 0 radical (unpaired) electrons. The van der Waals surface area contributed by atoms with Crippen LogP contribution in [-0.2, 0) is 29.1 Å². The van der Waals surface area contributed by atoms with Gasteiger partial charge < -0.3 is 10.4 Å². The van der Waals surface area contributed by atoms with Gasteiger partial charge in [0, 0.05) is 11.7 Å². The molecular formula is C10H19NO3S2Zn+2. The quantitative estimate of drug-likeness (QED) is 0.293. The van der Waals surface area contributed by atoms with Gasteiger partial charge in [-0.1, -0.05) is 6.42 Å². The second-order valence-corrected chi connectivity index (χ2v) is 4.76. The first-order valence-electron chi connectivity index (χ1n) is 5.33. The fourth-order valence-corrected chi connectivity index (χ4v) is 2.05. The number of hydrogen-bond donors (Lipinski definition) is 4. The molecule has 2 N–H and O–H groups in total. The van der Waals surface area contributed by atoms with Gasteiger partial charge in [-0.15, -0.1) is 0 Å². The maximum Gasteiger partial charge on any atom is 2.00 e. The van der Waals surface area contributed by atoms with Crippen LogP contribution in [0.25, 0.3) is 0 Å². The molecule has 1 amide bonds. The standard InChI is InChI=1S/C10H19NO3S2.Zn/c12-9(11-7-10(13)14)4-2-1-3-8(16)5-6-15;/h8,15-16H,1-7H2,(H,11,12)(H,13,14);/q;+2. The summed E-state index contributed by atoms with van der Waals surface area (Å²) in [7, 11) is 0. The first-order valence-corrected chi connectivity index (χ1v) is 6.48. The molecular weight excluding hydrogens is 312 g/mol. The van der Waals surface area contributed by atoms with Gasteiger partial charge in [-0.3, -0.25) is 9.59 Å². The number of amides is 1. The first kappa shape index (κ1) is 19.6. The molecule has 0 saturated carbocycles. The maximum absolute atomic E-state index is 11.1. The smallest absolute Gasteiger partial charge is 0.480 e. The number of thiol groups is 2. The van der Waals surface area contributed by atoms with Gasteiger partial charge in [-0.05, 0) is 25.0 Å². The SMILES string of the molecule is O=C(O)CNC(=O)CCCCC(S)CCS.[Zn+2]. The average molecular weight is 331 g/mol. The Hall–Kier alpha value is 0.263. The molecule has 0 aliphatic heterocycles. The molecule has 1 atom stereocenters. The van der Waals surface area contributed by atoms with E-state index in [-0.39, 0.29) is 31.9 Å². The third-order valence-corrected chi connectivity index (χ3v) is 2.86. The molecule has 4 nitrogen and oxygen atoms in total. The minimum absolute atomic E-state index is 0. The third kappa shape index (κ3) is 14.2. The van der Waals surface area contributed by atoms with Crippen LogP contribution < -0.4 is 5.32 Å². The zero-order chi connectivity index (χ0) is 12.4. The summed E-state index contributed by atoms with van der Waals surface area (Å²) < 4.78 is 0. The molecule has 0 fully saturated rings. The van der Waals surface area contributed by atoms with Crippen molar-refractivity contribution < 1.29 is 34.2 Å². The molecule has 0 aromatic heterocycles. The van der Waals surface area contributed by atoms with Gasteiger partial charge >= 0.3 is 25.4 Å². The summed E-state index contributed by atoms with van der Waals surface area (Å²) in [4.78, 5) is 21.3. The van der Waals surface area contributed by atoms with Gasteiger partial charge in [0.05, 0.1) is 0 Å². The average Bonchev–Trinajstić information content (AvgIpc) is 2.22. The first-order chi connectivity index (χ1) is 7.56. The number of carbonyl (C=O) groups excluding carboxylic acids is 1. The third-order valence-electron chi connectivity index (χ3n) is 2.09. The summed E-state index contributed by atoms with van der Waals surface area (Å²) in [5.74, 6) is -0.391. The van der Waals surface area contributed by atoms with Crippen LogP contribution in [0.2, 0.25) is 0 Å². The fraction of sp³-hybridized carbons (Fsp3) is 0.800. The number of rotatable bonds is 9. The summed E-state index contributed by atoms with van der Waals surface area (Å²) in [5, 5.41) is 11.0. The number of nitrogens with one attached hydrogen (secondary N) is 1. The van der Waals surface area contributed by atoms with Crippen LogP contribution >= 0.6 is 25.3 Å². The zero-order valence-electron chi connectivity index (χ0n) is 9.89. The van der Waals surface area contributed by atoms with E-state index in [1.807, 2.05) is 0 Å². The van der Waals surface area contributed by atoms with E-state index in [0.717, 1.165) is 31.4 Å². The second-order valence-electron chi connectivity index (χ2n) is 3.58. The Morgan fingerprint density at radius 1 is 1.24 bits per heavy atom. The van der Waals surface area contributed by atoms with Crippen LogP contribution in [0.1, 0.15) is 32.1 Å². The maximum atomic E-state index is 11.1. The Bertz CT molecular complexity index is 230. The Labute approximate surface area is 126 Å². The molecule has 0 saturated heterocycles. The summed E-state index contributed by atoms with van der Waals surface area (Å²) >= 11 is 8.49. The minimum Gasteiger partial charge on any atom is -0.480 e. The number of aliphatic carboxylic acids is 1. The summed E-state index contributed by atoms with van der Waals surface area (Å²) in [6, 6.07) is 0. The molecule has 0 aromatic carbocycles. The fourth-order valence-electron chi connectivity index (χ4n) is 1.22. The molecule has 0 rings (SSSR count). The van der Waals surface area contributed by atoms with Gasteiger partial charge in [-0.25, -0.2) is 0 Å². The Balaban J connectivity index is 0. The van der Waals surface area contributed by atoms with E-state index in [1.165, 1.54) is 0 Å². The monoisotopic (exact) mass is 329 g/mol. The van der Waals surface area contributed by atoms with Gasteiger partial charge in [0.25, 0.3) is 0 Å². The minimum atomic E-state index is -1.02. The topological polar surface area (TPSA) is 66.4 Å². The molecule has 94 valence electrons. The second kappa shape index (κ2) is 12.7. The summed E-state index contributed by atoms with van der Waals surface area (Å²) in [5.41, 5.74) is 0. The number of unbranched alkanes of at least 4 members (excludes halogenated alkanes) is 1. The van der Waals surface area contributed by atoms with E-state index in [1.54, 1.807) is 0 Å². The van der Waals surface area contributed by atoms with Crippen LogP contribution in [0.15, 0.2) is 0 Å². The Morgan fingerprint density at radius 2 is 1.88 bits per heavy atom. The molecule has 0 aromatic rings. The summed E-state index contributed by atoms with van der Waals surface area (Å²) in [6.45, 7) is -0.298. The molecule has 0 aliphatic rings. The molecule has 1 unspecified atom stereocenters. The van der Waals surface area contributed by atoms with E-state index in [9.17, 15) is 9.59 Å². The Morgan fingerprint density at radius 3 is 2.41 bits per heavy atom. The number of hydrogen-bond acceptors (Lipinski definition) is 4. The van der Waals surface area contributed by atoms with Crippen molar-refractivity contribution in [1.29, 1.82) is 0 Å². The molecule has 17 heavy (non-hydrogen) atoms. The molecule has 0 spiro atoms. The van der Waals surface area contributed by atoms with Crippen molar-refractivity contribution in [2.24, 2.45) is 0 Å². The van der Waals surface area contributed by atoms with Crippen molar-refractivity contribution in [2.75, 3.05) is 12.3 Å². The van der Waals surface area contributed by atoms with Crippen molar-refractivity contribution in [2.45, 2.75) is 37.4 Å². The van der Waals surface area contributed by atoms with Crippen molar-refractivity contribution >= 4 is 37.1 Å². The normalized spacial score (nSPS) is 11.4. The van der Waals surface area contributed by atoms with Crippen LogP contribution in [0.4, 0.5) is 0 Å². The van der Waals surface area contributed by atoms with Gasteiger partial charge in [-0.2, -0.15) is 25.3 Å². The molecule has 0 bridgehead atoms. The van der Waals surface area contributed by atoms with Gasteiger partial charge in [0.15, 0.2) is 0 Å². The van der Waals surface area contributed by atoms with Gasteiger partial charge in [0.1, 0.15) is 6.54 Å². The predicted octanol–water partition coefficient (Wildman–Crippen LogP) is 1.36. The van der Waals surface area contributed by atoms with Crippen molar-refractivity contribution in [3.8, 4) is 0 Å². The van der Waals surface area contributed by atoms with E-state index in [0.29, 0.717) is 11.7 Å². The molecule has 0 aliphatic carbocycles. The van der Waals surface area contributed by atoms with Crippen LogP contribution in [0, 0.1) is 0 Å². The number of carboxylic acids is 1. The predicted molar refractivity (Wildman–Crippen MR) is 70.4 cm³/mol. The van der Waals surface area contributed by atoms with Crippen LogP contribution in [0.5, 0.6) is 0 Å². The number of carbonyl (C=O) groups is 2. The largest absolute Gasteiger partial charge is 2.00 e. The van der Waals surface area contributed by atoms with Crippen molar-refractivity contribution in [3.63, 3.8) is 0 Å². The van der Waals surface area contributed by atoms with E-state index in [4.69, 9.17) is 5.11 Å². The van der Waals surface area contributed by atoms with Gasteiger partial charge in [0.2, 0.25) is 5.91 Å². The van der Waals surface area contributed by atoms with Crippen LogP contribution in [0.3, 0.4) is 0 Å². The Kier molecular flexibility index (Phi) is 14.7. The number of carboxylic acid groups (broad SMARTS) is 1. The van der Waals surface area contributed by atoms with Crippen LogP contribution in [-0.4, -0.2) is 34.5 Å². The molecule has 7 heteroatoms. The van der Waals surface area contributed by atoms with Crippen molar-refractivity contribution in [3.05, 3.63) is 0 Å². The molecule has 0 heterocycles. The van der Waals surface area contributed by atoms with Crippen molar-refractivity contribution in [1.82, 2.24) is 5.32 Å². The zero-order valence-corrected chi connectivity index (χ0v) is 14.6.